The second-order valence-corrected chi connectivity index (χ2v) is 29.8. The third-order valence-electron chi connectivity index (χ3n) is 13.4. The molecule has 2 fully saturated rings. The smallest absolute Gasteiger partial charge is 0.550 e. The van der Waals surface area contributed by atoms with E-state index in [-0.39, 0.29) is 16.5 Å². The number of carboxylic acid groups (broad SMARTS) is 1. The molecule has 2 aliphatic heterocycles. The summed E-state index contributed by atoms with van der Waals surface area (Å²) < 4.78 is 43.8. The predicted octanol–water partition coefficient (Wildman–Crippen LogP) is 12.9. The molecule has 2 saturated heterocycles. The predicted molar refractivity (Wildman–Crippen MR) is 347 cm³/mol. The van der Waals surface area contributed by atoms with E-state index in [1.165, 1.54) is 72.5 Å². The minimum Gasteiger partial charge on any atom is -0.550 e. The number of hydrogen-bond donors (Lipinski definition) is 0. The van der Waals surface area contributed by atoms with Crippen LogP contribution in [0.1, 0.15) is 43.0 Å². The van der Waals surface area contributed by atoms with E-state index >= 15 is 0 Å². The number of benzene rings is 8. The topological polar surface area (TPSA) is 62.3 Å². The molecule has 17 heteroatoms. The van der Waals surface area contributed by atoms with Crippen LogP contribution >= 0.6 is 31.7 Å². The Hall–Kier alpha value is -4.97. The van der Waals surface area contributed by atoms with Crippen molar-refractivity contribution >= 4 is 66.1 Å². The number of rotatable bonds is 14. The normalized spacial score (nSPS) is 17.8. The Morgan fingerprint density at radius 1 is 0.373 bits per heavy atom. The van der Waals surface area contributed by atoms with E-state index < -0.39 is 44.9 Å². The molecule has 8 aromatic rings. The van der Waals surface area contributed by atoms with Gasteiger partial charge in [-0.15, -0.1) is 0 Å². The van der Waals surface area contributed by atoms with Gasteiger partial charge in [0.25, 0.3) is 0 Å². The zero-order valence-corrected chi connectivity index (χ0v) is 52.9. The molecular formula is C66H81BF4N4NiO3P4+4. The van der Waals surface area contributed by atoms with Crippen LogP contribution < -0.4 is 26.3 Å². The molecule has 0 N–H and O–H groups in total. The van der Waals surface area contributed by atoms with Crippen LogP contribution in [0.5, 0.6) is 0 Å². The van der Waals surface area contributed by atoms with Gasteiger partial charge in [-0.3, -0.25) is 0 Å². The first-order valence-corrected chi connectivity index (χ1v) is 35.8. The Labute approximate surface area is 506 Å². The van der Waals surface area contributed by atoms with Gasteiger partial charge in [0, 0.05) is 45.4 Å². The summed E-state index contributed by atoms with van der Waals surface area (Å²) in [6.45, 7) is 10.8. The van der Waals surface area contributed by atoms with Crippen LogP contribution in [-0.4, -0.2) is 96.3 Å². The van der Waals surface area contributed by atoms with Gasteiger partial charge in [0.1, 0.15) is 50.3 Å². The third-order valence-corrected chi connectivity index (χ3v) is 24.7. The first kappa shape index (κ1) is 68.8. The average molecular weight is 1250 g/mol. The Morgan fingerprint density at radius 3 is 0.651 bits per heavy atom. The summed E-state index contributed by atoms with van der Waals surface area (Å²) in [6, 6.07) is 89.3. The minimum absolute atomic E-state index is 0. The van der Waals surface area contributed by atoms with Crippen LogP contribution in [0.25, 0.3) is 0 Å². The van der Waals surface area contributed by atoms with Gasteiger partial charge in [0.2, 0.25) is 0 Å². The number of aliphatic carboxylic acids is 1. The molecule has 0 unspecified atom stereocenters. The monoisotopic (exact) mass is 1250 g/mol. The Balaban J connectivity index is 0.000000245. The van der Waals surface area contributed by atoms with Gasteiger partial charge in [-0.2, -0.15) is 0 Å². The summed E-state index contributed by atoms with van der Waals surface area (Å²) in [6.07, 6.45) is 9.52. The van der Waals surface area contributed by atoms with Crippen LogP contribution in [0.3, 0.4) is 0 Å². The van der Waals surface area contributed by atoms with Gasteiger partial charge < -0.3 is 31.9 Å². The molecule has 0 aliphatic carbocycles. The van der Waals surface area contributed by atoms with Crippen molar-refractivity contribution in [3.8, 4) is 0 Å². The second-order valence-electron chi connectivity index (χ2n) is 20.2. The molecule has 0 spiro atoms. The number of carbonyl (C=O) groups is 1. The van der Waals surface area contributed by atoms with Crippen LogP contribution in [-0.2, 0) is 52.2 Å². The molecule has 0 radical (unpaired) electrons. The van der Waals surface area contributed by atoms with Crippen molar-refractivity contribution in [1.82, 2.24) is 19.6 Å². The van der Waals surface area contributed by atoms with E-state index in [1.54, 1.807) is 21.2 Å². The van der Waals surface area contributed by atoms with Gasteiger partial charge in [-0.05, 0) is 91.6 Å². The molecule has 8 aromatic carbocycles. The maximum absolute atomic E-state index is 9.75. The molecule has 10 rings (SSSR count). The molecule has 0 amide bonds. The van der Waals surface area contributed by atoms with E-state index in [4.69, 9.17) is 14.6 Å². The number of carbonyl (C=O) groups excluding carboxylic acids is 1. The van der Waals surface area contributed by atoms with Crippen LogP contribution in [0, 0.1) is 0 Å². The van der Waals surface area contributed by atoms with Crippen molar-refractivity contribution < 1.29 is 48.4 Å². The fourth-order valence-electron chi connectivity index (χ4n) is 10.0. The zero-order valence-electron chi connectivity index (χ0n) is 47.9. The van der Waals surface area contributed by atoms with Crippen molar-refractivity contribution in [3.05, 3.63) is 265 Å². The minimum atomic E-state index is -6.00. The van der Waals surface area contributed by atoms with E-state index in [9.17, 15) is 17.3 Å². The fourth-order valence-corrected chi connectivity index (χ4v) is 21.5. The molecule has 2 heterocycles. The fraction of sp³-hybridized carbons (Fsp3) is 0.258. The second kappa shape index (κ2) is 38.9. The van der Waals surface area contributed by atoms with Crippen molar-refractivity contribution in [2.75, 3.05) is 63.5 Å². The van der Waals surface area contributed by atoms with Crippen molar-refractivity contribution in [1.29, 1.82) is 0 Å². The summed E-state index contributed by atoms with van der Waals surface area (Å²) in [5.74, 6) is -1.08. The molecule has 0 bridgehead atoms. The van der Waals surface area contributed by atoms with E-state index in [0.29, 0.717) is 0 Å². The number of hydrogen-bond acceptors (Lipinski definition) is 7. The first-order chi connectivity index (χ1) is 39.8. The summed E-state index contributed by atoms with van der Waals surface area (Å²) in [5, 5.41) is 15.1. The quantitative estimate of drug-likeness (QED) is 0.0611. The maximum Gasteiger partial charge on any atom is 2.00 e. The molecule has 2 aliphatic rings. The number of halogens is 4. The SMILES string of the molecule is CC(=O)[O-].CCOCC.F[B-](F)(F)F.[Ni+2].c1ccc(CN2C[PH+](c3ccccc3)CN(Cc3ccccc3)C[PH+](c3ccccc3)C2)cc1.c1ccc(CN2C[PH+](c3ccccc3)CN(Cc3ccccc3)C[PH+](c3ccccc3)C2)cc1. The summed E-state index contributed by atoms with van der Waals surface area (Å²) in [5.41, 5.74) is 5.70. The molecule has 0 saturated carbocycles. The van der Waals surface area contributed by atoms with Gasteiger partial charge in [-0.1, -0.05) is 194 Å². The largest absolute Gasteiger partial charge is 2.00 e. The summed E-state index contributed by atoms with van der Waals surface area (Å²) in [7, 11) is -9.02. The maximum atomic E-state index is 9.75. The molecular weight excluding hydrogens is 1170 g/mol. The molecule has 0 aromatic heterocycles. The van der Waals surface area contributed by atoms with Gasteiger partial charge in [0.15, 0.2) is 0 Å². The number of carboxylic acids is 1. The van der Waals surface area contributed by atoms with Gasteiger partial charge in [-0.25, -0.2) is 19.6 Å². The number of ether oxygens (including phenoxy) is 1. The molecule has 440 valence electrons. The summed E-state index contributed by atoms with van der Waals surface area (Å²) >= 11 is 0. The Kier molecular flexibility index (Phi) is 32.2. The van der Waals surface area contributed by atoms with E-state index in [1.807, 2.05) is 13.8 Å². The third kappa shape index (κ3) is 27.7. The molecule has 7 nitrogen and oxygen atoms in total. The van der Waals surface area contributed by atoms with Gasteiger partial charge >= 0.3 is 23.7 Å². The van der Waals surface area contributed by atoms with Crippen molar-refractivity contribution in [2.45, 2.75) is 47.0 Å². The van der Waals surface area contributed by atoms with Gasteiger partial charge in [0.05, 0.1) is 52.9 Å². The zero-order chi connectivity index (χ0) is 58.2. The Bertz CT molecular complexity index is 2530. The first-order valence-electron chi connectivity index (χ1n) is 28.1. The van der Waals surface area contributed by atoms with E-state index in [2.05, 4.69) is 262 Å². The van der Waals surface area contributed by atoms with E-state index in [0.717, 1.165) is 46.3 Å². The average Bonchev–Trinajstić information content (AvgIpc) is 3.68. The van der Waals surface area contributed by atoms with Crippen molar-refractivity contribution in [3.63, 3.8) is 0 Å². The molecule has 83 heavy (non-hydrogen) atoms. The molecule has 0 atom stereocenters. The van der Waals surface area contributed by atoms with Crippen LogP contribution in [0.4, 0.5) is 17.3 Å². The Morgan fingerprint density at radius 2 is 0.518 bits per heavy atom. The number of nitrogens with zero attached hydrogens (tertiary/aromatic N) is 4. The van der Waals surface area contributed by atoms with Crippen LogP contribution in [0.15, 0.2) is 243 Å². The van der Waals surface area contributed by atoms with Crippen LogP contribution in [0.2, 0.25) is 0 Å². The standard InChI is InChI=1S/2C30H32N2P2.C4H10O.C2H4O2.BF4.Ni/c2*1-5-13-27(14-6-1)21-31-23-33(29-17-9-3-10-18-29)25-32(22-28-15-7-2-8-16-28)26-34(24-31)30-19-11-4-12-20-30;1-3-5-4-2;1-2(3)4;2-1(3,4)5;/h2*1-20H,21-26H2;3-4H2,1-2H3;1H3,(H,3,4);;/q;;;;-1;+2/p+3. The summed E-state index contributed by atoms with van der Waals surface area (Å²) in [4.78, 5) is 20.0. The van der Waals surface area contributed by atoms with Crippen molar-refractivity contribution in [2.24, 2.45) is 0 Å².